The lowest BCUT2D eigenvalue weighted by molar-refractivity contribution is 0.107. The van der Waals surface area contributed by atoms with E-state index >= 15 is 0 Å². The molecule has 1 aliphatic rings. The molecule has 0 aliphatic heterocycles. The lowest BCUT2D eigenvalue weighted by atomic mass is 9.86. The largest absolute Gasteiger partial charge is 0.392 e. The van der Waals surface area contributed by atoms with Crippen molar-refractivity contribution in [2.75, 3.05) is 5.73 Å². The summed E-state index contributed by atoms with van der Waals surface area (Å²) in [6, 6.07) is 0. The van der Waals surface area contributed by atoms with Crippen molar-refractivity contribution >= 4 is 16.5 Å². The van der Waals surface area contributed by atoms with Gasteiger partial charge < -0.3 is 10.8 Å². The van der Waals surface area contributed by atoms with Crippen LogP contribution in [0, 0.1) is 0 Å². The zero-order valence-electron chi connectivity index (χ0n) is 7.44. The first-order valence-corrected chi connectivity index (χ1v) is 5.48. The number of aliphatic hydroxyl groups excluding tert-OH is 1. The molecule has 0 aromatic carbocycles. The second-order valence-electron chi connectivity index (χ2n) is 3.56. The topological polar surface area (TPSA) is 59.1 Å². The van der Waals surface area contributed by atoms with Gasteiger partial charge in [0.1, 0.15) is 0 Å². The number of rotatable bonds is 1. The van der Waals surface area contributed by atoms with Crippen LogP contribution < -0.4 is 5.73 Å². The van der Waals surface area contributed by atoms with E-state index in [1.165, 1.54) is 17.8 Å². The summed E-state index contributed by atoms with van der Waals surface area (Å²) in [7, 11) is 0. The highest BCUT2D eigenvalue weighted by Crippen LogP contribution is 2.36. The van der Waals surface area contributed by atoms with E-state index in [0.717, 1.165) is 24.1 Å². The van der Waals surface area contributed by atoms with Crippen LogP contribution in [-0.4, -0.2) is 16.2 Å². The Labute approximate surface area is 81.6 Å². The molecule has 72 valence electrons. The predicted molar refractivity (Wildman–Crippen MR) is 53.7 cm³/mol. The third-order valence-corrected chi connectivity index (χ3v) is 3.59. The van der Waals surface area contributed by atoms with Crippen LogP contribution in [0.5, 0.6) is 0 Å². The average Bonchev–Trinajstić information content (AvgIpc) is 2.53. The van der Waals surface area contributed by atoms with Gasteiger partial charge in [-0.1, -0.05) is 12.8 Å². The molecule has 2 unspecified atom stereocenters. The maximum Gasteiger partial charge on any atom is 0.180 e. The van der Waals surface area contributed by atoms with Crippen LogP contribution in [0.1, 0.15) is 36.5 Å². The fraction of sp³-hybridized carbons (Fsp3) is 0.667. The monoisotopic (exact) mass is 198 g/mol. The normalized spacial score (nSPS) is 29.0. The van der Waals surface area contributed by atoms with Crippen LogP contribution in [0.3, 0.4) is 0 Å². The molecule has 1 saturated carbocycles. The Morgan fingerprint density at radius 2 is 2.23 bits per heavy atom. The van der Waals surface area contributed by atoms with E-state index in [0.29, 0.717) is 5.13 Å². The number of anilines is 1. The van der Waals surface area contributed by atoms with Crippen molar-refractivity contribution in [1.29, 1.82) is 0 Å². The minimum absolute atomic E-state index is 0.186. The highest BCUT2D eigenvalue weighted by molar-refractivity contribution is 7.15. The summed E-state index contributed by atoms with van der Waals surface area (Å²) in [5, 5.41) is 10.4. The van der Waals surface area contributed by atoms with Gasteiger partial charge in [0.15, 0.2) is 5.13 Å². The van der Waals surface area contributed by atoms with Crippen LogP contribution in [0.25, 0.3) is 0 Å². The molecular formula is C9H14N2OS. The van der Waals surface area contributed by atoms with Gasteiger partial charge in [-0.2, -0.15) is 0 Å². The third kappa shape index (κ3) is 1.84. The lowest BCUT2D eigenvalue weighted by Gasteiger charge is -2.26. The van der Waals surface area contributed by atoms with Crippen molar-refractivity contribution in [2.45, 2.75) is 37.7 Å². The minimum Gasteiger partial charge on any atom is -0.392 e. The van der Waals surface area contributed by atoms with Gasteiger partial charge in [0.2, 0.25) is 0 Å². The molecule has 1 aromatic heterocycles. The fourth-order valence-electron chi connectivity index (χ4n) is 1.92. The summed E-state index contributed by atoms with van der Waals surface area (Å²) in [5.41, 5.74) is 5.56. The lowest BCUT2D eigenvalue weighted by Crippen LogP contribution is -2.21. The Bertz CT molecular complexity index is 287. The SMILES string of the molecule is Nc1ncc(C2CCCCC2O)s1. The van der Waals surface area contributed by atoms with Crippen LogP contribution in [-0.2, 0) is 0 Å². The van der Waals surface area contributed by atoms with E-state index in [2.05, 4.69) is 4.98 Å². The van der Waals surface area contributed by atoms with Gasteiger partial charge in [0.25, 0.3) is 0 Å². The predicted octanol–water partition coefficient (Wildman–Crippen LogP) is 1.74. The summed E-state index contributed by atoms with van der Waals surface area (Å²) in [6.07, 6.45) is 5.96. The Morgan fingerprint density at radius 1 is 1.46 bits per heavy atom. The number of hydrogen-bond donors (Lipinski definition) is 2. The van der Waals surface area contributed by atoms with Gasteiger partial charge in [0.05, 0.1) is 6.10 Å². The van der Waals surface area contributed by atoms with Crippen molar-refractivity contribution in [1.82, 2.24) is 4.98 Å². The summed E-state index contributed by atoms with van der Waals surface area (Å²) < 4.78 is 0. The van der Waals surface area contributed by atoms with Crippen LogP contribution in [0.2, 0.25) is 0 Å². The smallest absolute Gasteiger partial charge is 0.180 e. The third-order valence-electron chi connectivity index (χ3n) is 2.64. The molecule has 2 rings (SSSR count). The van der Waals surface area contributed by atoms with Crippen molar-refractivity contribution in [2.24, 2.45) is 0 Å². The number of thiazole rings is 1. The van der Waals surface area contributed by atoms with E-state index in [9.17, 15) is 5.11 Å². The first-order chi connectivity index (χ1) is 6.27. The molecule has 0 bridgehead atoms. The van der Waals surface area contributed by atoms with Gasteiger partial charge in [-0.25, -0.2) is 4.98 Å². The molecule has 0 saturated heterocycles. The molecule has 1 aromatic rings. The van der Waals surface area contributed by atoms with Crippen molar-refractivity contribution < 1.29 is 5.11 Å². The molecule has 13 heavy (non-hydrogen) atoms. The number of nitrogens with two attached hydrogens (primary N) is 1. The first-order valence-electron chi connectivity index (χ1n) is 4.66. The number of aliphatic hydroxyl groups is 1. The molecular weight excluding hydrogens is 184 g/mol. The van der Waals surface area contributed by atoms with Gasteiger partial charge >= 0.3 is 0 Å². The summed E-state index contributed by atoms with van der Waals surface area (Å²) in [4.78, 5) is 5.15. The van der Waals surface area contributed by atoms with Crippen LogP contribution in [0.4, 0.5) is 5.13 Å². The molecule has 0 radical (unpaired) electrons. The zero-order chi connectivity index (χ0) is 9.26. The number of aromatic nitrogens is 1. The Balaban J connectivity index is 2.14. The molecule has 1 aliphatic carbocycles. The molecule has 1 heterocycles. The molecule has 0 amide bonds. The van der Waals surface area contributed by atoms with E-state index < -0.39 is 0 Å². The molecule has 3 N–H and O–H groups in total. The van der Waals surface area contributed by atoms with Gasteiger partial charge in [-0.3, -0.25) is 0 Å². The second-order valence-corrected chi connectivity index (χ2v) is 4.65. The maximum atomic E-state index is 9.77. The van der Waals surface area contributed by atoms with E-state index in [1.54, 1.807) is 6.20 Å². The average molecular weight is 198 g/mol. The number of nitrogens with zero attached hydrogens (tertiary/aromatic N) is 1. The van der Waals surface area contributed by atoms with E-state index in [4.69, 9.17) is 5.73 Å². The molecule has 2 atom stereocenters. The zero-order valence-corrected chi connectivity index (χ0v) is 8.26. The fourth-order valence-corrected chi connectivity index (χ4v) is 2.79. The molecule has 3 nitrogen and oxygen atoms in total. The Hall–Kier alpha value is -0.610. The van der Waals surface area contributed by atoms with Crippen LogP contribution >= 0.6 is 11.3 Å². The number of hydrogen-bond acceptors (Lipinski definition) is 4. The summed E-state index contributed by atoms with van der Waals surface area (Å²) in [5.74, 6) is 0.281. The second kappa shape index (κ2) is 3.64. The number of nitrogen functional groups attached to an aromatic ring is 1. The molecule has 1 fully saturated rings. The van der Waals surface area contributed by atoms with E-state index in [-0.39, 0.29) is 12.0 Å². The summed E-state index contributed by atoms with van der Waals surface area (Å²) >= 11 is 1.50. The van der Waals surface area contributed by atoms with Crippen molar-refractivity contribution in [3.63, 3.8) is 0 Å². The maximum absolute atomic E-state index is 9.77. The minimum atomic E-state index is -0.186. The van der Waals surface area contributed by atoms with Gasteiger partial charge in [-0.05, 0) is 12.8 Å². The standard InChI is InChI=1S/C9H14N2OS/c10-9-11-5-8(13-9)6-3-1-2-4-7(6)12/h5-7,12H,1-4H2,(H2,10,11). The highest BCUT2D eigenvalue weighted by atomic mass is 32.1. The van der Waals surface area contributed by atoms with Crippen molar-refractivity contribution in [3.8, 4) is 0 Å². The quantitative estimate of drug-likeness (QED) is 0.722. The summed E-state index contributed by atoms with van der Waals surface area (Å²) in [6.45, 7) is 0. The Kier molecular flexibility index (Phi) is 2.51. The molecule has 0 spiro atoms. The van der Waals surface area contributed by atoms with Gasteiger partial charge in [0, 0.05) is 17.0 Å². The van der Waals surface area contributed by atoms with Gasteiger partial charge in [-0.15, -0.1) is 11.3 Å². The van der Waals surface area contributed by atoms with Crippen LogP contribution in [0.15, 0.2) is 6.20 Å². The van der Waals surface area contributed by atoms with E-state index in [1.807, 2.05) is 0 Å². The van der Waals surface area contributed by atoms with Crippen molar-refractivity contribution in [3.05, 3.63) is 11.1 Å². The highest BCUT2D eigenvalue weighted by Gasteiger charge is 2.25. The molecule has 4 heteroatoms. The Morgan fingerprint density at radius 3 is 2.85 bits per heavy atom. The first kappa shape index (κ1) is 8.97.